The first-order chi connectivity index (χ1) is 15.6. The number of benzene rings is 2. The number of thiophene rings is 1. The molecule has 2 aromatic carbocycles. The number of anilines is 1. The van der Waals surface area contributed by atoms with Gasteiger partial charge in [0.15, 0.2) is 0 Å². The minimum Gasteiger partial charge on any atom is -0.465 e. The molecule has 2 amide bonds. The quantitative estimate of drug-likeness (QED) is 0.415. The number of aromatic nitrogens is 1. The van der Waals surface area contributed by atoms with E-state index in [1.165, 1.54) is 24.5 Å². The Hall–Kier alpha value is -3.65. The highest BCUT2D eigenvalue weighted by Gasteiger charge is 2.36. The van der Waals surface area contributed by atoms with Crippen molar-refractivity contribution in [2.45, 2.75) is 12.5 Å². The second kappa shape index (κ2) is 8.12. The molecule has 2 aromatic heterocycles. The minimum absolute atomic E-state index is 0.312. The number of para-hydroxylation sites is 1. The topological polar surface area (TPSA) is 74.4 Å². The predicted molar refractivity (Wildman–Crippen MR) is 122 cm³/mol. The van der Waals surface area contributed by atoms with Crippen LogP contribution in [0.5, 0.6) is 0 Å². The van der Waals surface area contributed by atoms with Crippen LogP contribution in [0, 0.1) is 5.82 Å². The van der Waals surface area contributed by atoms with Crippen molar-refractivity contribution >= 4 is 39.9 Å². The summed E-state index contributed by atoms with van der Waals surface area (Å²) in [5.41, 5.74) is 3.63. The lowest BCUT2D eigenvalue weighted by Crippen LogP contribution is -2.43. The summed E-state index contributed by atoms with van der Waals surface area (Å²) in [6.45, 7) is 0.400. The summed E-state index contributed by atoms with van der Waals surface area (Å²) < 4.78 is 19.7. The standard InChI is InChI=1S/C24H20FN3O3S/c1-31-23(29)22-19(11-13-32-22)27-24(30)28-12-10-15-14-6-3-5-9-18(14)26-20(15)21(28)16-7-2-4-8-17(16)25/h2-9,11,13,21,26H,10,12H2,1H3,(H,27,30). The summed E-state index contributed by atoms with van der Waals surface area (Å²) >= 11 is 1.19. The van der Waals surface area contributed by atoms with Gasteiger partial charge in [-0.25, -0.2) is 14.0 Å². The fourth-order valence-corrected chi connectivity index (χ4v) is 5.09. The minimum atomic E-state index is -0.632. The molecule has 3 heterocycles. The molecule has 1 atom stereocenters. The van der Waals surface area contributed by atoms with Gasteiger partial charge >= 0.3 is 12.0 Å². The number of H-pyrrole nitrogens is 1. The molecular formula is C24H20FN3O3S. The van der Waals surface area contributed by atoms with Crippen molar-refractivity contribution in [3.05, 3.63) is 87.5 Å². The molecule has 5 rings (SSSR count). The number of fused-ring (bicyclic) bond motifs is 3. The van der Waals surface area contributed by atoms with E-state index >= 15 is 0 Å². The first kappa shape index (κ1) is 20.3. The van der Waals surface area contributed by atoms with Crippen LogP contribution in [-0.4, -0.2) is 35.5 Å². The van der Waals surface area contributed by atoms with E-state index < -0.39 is 18.0 Å². The van der Waals surface area contributed by atoms with Crippen molar-refractivity contribution in [2.75, 3.05) is 19.0 Å². The molecule has 0 radical (unpaired) electrons. The third kappa shape index (κ3) is 3.33. The lowest BCUT2D eigenvalue weighted by molar-refractivity contribution is 0.0607. The molecule has 0 fully saturated rings. The Morgan fingerprint density at radius 2 is 1.94 bits per heavy atom. The Morgan fingerprint density at radius 1 is 1.16 bits per heavy atom. The summed E-state index contributed by atoms with van der Waals surface area (Å²) in [7, 11) is 1.30. The van der Waals surface area contributed by atoms with Crippen LogP contribution in [0.1, 0.15) is 32.5 Å². The second-order valence-corrected chi connectivity index (χ2v) is 8.43. The zero-order valence-electron chi connectivity index (χ0n) is 17.2. The van der Waals surface area contributed by atoms with Gasteiger partial charge in [-0.05, 0) is 35.6 Å². The number of aromatic amines is 1. The smallest absolute Gasteiger partial charge is 0.350 e. The van der Waals surface area contributed by atoms with Crippen molar-refractivity contribution in [2.24, 2.45) is 0 Å². The van der Waals surface area contributed by atoms with Gasteiger partial charge in [-0.2, -0.15) is 0 Å². The number of amides is 2. The van der Waals surface area contributed by atoms with E-state index in [1.807, 2.05) is 24.3 Å². The van der Waals surface area contributed by atoms with Gasteiger partial charge < -0.3 is 19.9 Å². The normalized spacial score (nSPS) is 15.4. The van der Waals surface area contributed by atoms with E-state index in [0.717, 1.165) is 22.2 Å². The van der Waals surface area contributed by atoms with E-state index in [9.17, 15) is 14.0 Å². The first-order valence-electron chi connectivity index (χ1n) is 10.2. The average molecular weight is 450 g/mol. The fraction of sp³-hybridized carbons (Fsp3) is 0.167. The maximum Gasteiger partial charge on any atom is 0.350 e. The Balaban J connectivity index is 1.57. The molecule has 32 heavy (non-hydrogen) atoms. The predicted octanol–water partition coefficient (Wildman–Crippen LogP) is 5.33. The van der Waals surface area contributed by atoms with Gasteiger partial charge in [0.2, 0.25) is 0 Å². The van der Waals surface area contributed by atoms with Crippen LogP contribution in [0.2, 0.25) is 0 Å². The number of ether oxygens (including phenoxy) is 1. The zero-order valence-corrected chi connectivity index (χ0v) is 18.0. The van der Waals surface area contributed by atoms with Gasteiger partial charge in [0.1, 0.15) is 16.7 Å². The lowest BCUT2D eigenvalue weighted by atomic mass is 9.92. The van der Waals surface area contributed by atoms with E-state index in [1.54, 1.807) is 34.5 Å². The van der Waals surface area contributed by atoms with Crippen molar-refractivity contribution < 1.29 is 18.7 Å². The molecule has 1 aliphatic heterocycles. The number of methoxy groups -OCH3 is 1. The summed E-state index contributed by atoms with van der Waals surface area (Å²) in [6.07, 6.45) is 0.630. The van der Waals surface area contributed by atoms with Gasteiger partial charge in [-0.3, -0.25) is 0 Å². The summed E-state index contributed by atoms with van der Waals surface area (Å²) in [5.74, 6) is -0.898. The molecule has 0 saturated heterocycles. The molecule has 2 N–H and O–H groups in total. The molecule has 0 saturated carbocycles. The largest absolute Gasteiger partial charge is 0.465 e. The van der Waals surface area contributed by atoms with Crippen LogP contribution in [0.25, 0.3) is 10.9 Å². The van der Waals surface area contributed by atoms with Gasteiger partial charge in [0.05, 0.1) is 12.8 Å². The molecule has 0 aliphatic carbocycles. The molecule has 1 aliphatic rings. The monoisotopic (exact) mass is 449 g/mol. The third-order valence-corrected chi connectivity index (χ3v) is 6.67. The highest BCUT2D eigenvalue weighted by Crippen LogP contribution is 2.39. The molecule has 162 valence electrons. The number of esters is 1. The Labute approximate surface area is 187 Å². The molecule has 0 spiro atoms. The Bertz CT molecular complexity index is 1330. The van der Waals surface area contributed by atoms with Crippen molar-refractivity contribution in [3.8, 4) is 0 Å². The van der Waals surface area contributed by atoms with Crippen LogP contribution in [0.15, 0.2) is 60.0 Å². The van der Waals surface area contributed by atoms with Crippen LogP contribution >= 0.6 is 11.3 Å². The molecule has 4 aromatic rings. The van der Waals surface area contributed by atoms with E-state index in [4.69, 9.17) is 4.74 Å². The molecule has 8 heteroatoms. The van der Waals surface area contributed by atoms with Crippen molar-refractivity contribution in [1.29, 1.82) is 0 Å². The molecule has 6 nitrogen and oxygen atoms in total. The van der Waals surface area contributed by atoms with Gasteiger partial charge in [-0.15, -0.1) is 11.3 Å². The number of halogens is 1. The Kier molecular flexibility index (Phi) is 5.14. The SMILES string of the molecule is COC(=O)c1sccc1NC(=O)N1CCc2c([nH]c3ccccc23)C1c1ccccc1F. The number of carbonyl (C=O) groups is 2. The highest BCUT2D eigenvalue weighted by molar-refractivity contribution is 7.12. The maximum absolute atomic E-state index is 14.9. The van der Waals surface area contributed by atoms with Gasteiger partial charge in [0.25, 0.3) is 0 Å². The maximum atomic E-state index is 14.9. The van der Waals surface area contributed by atoms with Crippen LogP contribution in [0.4, 0.5) is 14.9 Å². The van der Waals surface area contributed by atoms with E-state index in [-0.39, 0.29) is 5.82 Å². The number of hydrogen-bond donors (Lipinski definition) is 2. The molecule has 0 bridgehead atoms. The molecular weight excluding hydrogens is 429 g/mol. The summed E-state index contributed by atoms with van der Waals surface area (Å²) in [6, 6.07) is 15.0. The molecule has 1 unspecified atom stereocenters. The van der Waals surface area contributed by atoms with Crippen LogP contribution in [-0.2, 0) is 11.2 Å². The summed E-state index contributed by atoms with van der Waals surface area (Å²) in [5, 5.41) is 5.61. The van der Waals surface area contributed by atoms with Crippen molar-refractivity contribution in [1.82, 2.24) is 9.88 Å². The number of hydrogen-bond acceptors (Lipinski definition) is 4. The van der Waals surface area contributed by atoms with Crippen molar-refractivity contribution in [3.63, 3.8) is 0 Å². The second-order valence-electron chi connectivity index (χ2n) is 7.52. The van der Waals surface area contributed by atoms with Gasteiger partial charge in [0, 0.05) is 28.7 Å². The van der Waals surface area contributed by atoms with E-state index in [2.05, 4.69) is 10.3 Å². The Morgan fingerprint density at radius 3 is 2.75 bits per heavy atom. The van der Waals surface area contributed by atoms with Crippen LogP contribution in [0.3, 0.4) is 0 Å². The zero-order chi connectivity index (χ0) is 22.2. The number of nitrogens with one attached hydrogen (secondary N) is 2. The van der Waals surface area contributed by atoms with Gasteiger partial charge in [-0.1, -0.05) is 36.4 Å². The number of carbonyl (C=O) groups excluding carboxylic acids is 2. The lowest BCUT2D eigenvalue weighted by Gasteiger charge is -2.36. The van der Waals surface area contributed by atoms with Crippen LogP contribution < -0.4 is 5.32 Å². The van der Waals surface area contributed by atoms with E-state index in [0.29, 0.717) is 29.1 Å². The average Bonchev–Trinajstić information content (AvgIpc) is 3.42. The summed E-state index contributed by atoms with van der Waals surface area (Å²) in [4.78, 5) is 30.7. The third-order valence-electron chi connectivity index (χ3n) is 5.77. The number of rotatable bonds is 3. The number of nitrogens with zero attached hydrogens (tertiary/aromatic N) is 1. The fourth-order valence-electron chi connectivity index (χ4n) is 4.33. The first-order valence-corrected chi connectivity index (χ1v) is 11.0. The number of urea groups is 1. The highest BCUT2D eigenvalue weighted by atomic mass is 32.1.